The van der Waals surface area contributed by atoms with Crippen molar-refractivity contribution in [2.24, 2.45) is 18.4 Å². The number of para-hydroxylation sites is 1. The number of benzene rings is 2. The van der Waals surface area contributed by atoms with Crippen LogP contribution in [0.15, 0.2) is 72.3 Å². The summed E-state index contributed by atoms with van der Waals surface area (Å²) in [6, 6.07) is 18.0. The minimum absolute atomic E-state index is 0.107. The fourth-order valence-electron chi connectivity index (χ4n) is 5.71. The summed E-state index contributed by atoms with van der Waals surface area (Å²) in [5.74, 6) is 0.869. The highest BCUT2D eigenvalue weighted by Gasteiger charge is 2.45. The number of aromatic nitrogens is 1. The molecule has 29 heavy (non-hydrogen) atoms. The summed E-state index contributed by atoms with van der Waals surface area (Å²) in [6.07, 6.45) is 11.1. The van der Waals surface area contributed by atoms with Gasteiger partial charge in [-0.3, -0.25) is 0 Å². The largest absolute Gasteiger partial charge is 0.343 e. The predicted octanol–water partition coefficient (Wildman–Crippen LogP) is 7.62. The zero-order chi connectivity index (χ0) is 20.2. The Kier molecular flexibility index (Phi) is 4.31. The average molecular weight is 382 g/mol. The molecule has 3 aromatic rings. The molecule has 0 fully saturated rings. The number of hydrogen-bond donors (Lipinski definition) is 0. The van der Waals surface area contributed by atoms with Crippen molar-refractivity contribution >= 4 is 10.9 Å². The van der Waals surface area contributed by atoms with E-state index in [1.165, 1.54) is 58.1 Å². The maximum Gasteiger partial charge on any atom is 0.0530 e. The summed E-state index contributed by atoms with van der Waals surface area (Å²) in [5.41, 5.74) is 8.82. The van der Waals surface area contributed by atoms with Gasteiger partial charge in [0.05, 0.1) is 5.69 Å². The van der Waals surface area contributed by atoms with Crippen LogP contribution in [-0.4, -0.2) is 4.57 Å². The molecule has 0 bridgehead atoms. The van der Waals surface area contributed by atoms with Crippen LogP contribution in [0.2, 0.25) is 0 Å². The second-order valence-electron chi connectivity index (χ2n) is 9.41. The molecule has 2 atom stereocenters. The van der Waals surface area contributed by atoms with Crippen molar-refractivity contribution in [1.29, 1.82) is 0 Å². The van der Waals surface area contributed by atoms with E-state index in [0.717, 1.165) is 0 Å². The van der Waals surface area contributed by atoms with Gasteiger partial charge in [0.25, 0.3) is 0 Å². The highest BCUT2D eigenvalue weighted by atomic mass is 15.0. The van der Waals surface area contributed by atoms with Gasteiger partial charge in [0.2, 0.25) is 0 Å². The minimum atomic E-state index is 0.107. The summed E-state index contributed by atoms with van der Waals surface area (Å²) in [7, 11) is 2.23. The molecule has 0 N–H and O–H groups in total. The summed E-state index contributed by atoms with van der Waals surface area (Å²) >= 11 is 0. The fraction of sp³-hybridized carbons (Fsp3) is 0.357. The quantitative estimate of drug-likeness (QED) is 0.428. The van der Waals surface area contributed by atoms with Crippen molar-refractivity contribution in [2.75, 3.05) is 0 Å². The number of allylic oxidation sites excluding steroid dienone is 4. The number of rotatable bonds is 5. The molecule has 2 aromatic carbocycles. The van der Waals surface area contributed by atoms with E-state index in [-0.39, 0.29) is 5.41 Å². The Hall–Kier alpha value is -2.54. The highest BCUT2D eigenvalue weighted by Crippen LogP contribution is 2.58. The Bertz CT molecular complexity index is 1140. The molecule has 5 rings (SSSR count). The third kappa shape index (κ3) is 2.67. The molecule has 0 saturated heterocycles. The van der Waals surface area contributed by atoms with Crippen LogP contribution in [0.25, 0.3) is 22.2 Å². The number of aryl methyl sites for hydroxylation is 1. The van der Waals surface area contributed by atoms with Gasteiger partial charge in [0.15, 0.2) is 0 Å². The van der Waals surface area contributed by atoms with E-state index in [9.17, 15) is 0 Å². The van der Waals surface area contributed by atoms with Crippen molar-refractivity contribution in [3.05, 3.63) is 83.5 Å². The molecule has 1 heteroatoms. The lowest BCUT2D eigenvalue weighted by molar-refractivity contribution is 0.268. The van der Waals surface area contributed by atoms with E-state index in [1.807, 2.05) is 0 Å². The molecule has 0 radical (unpaired) electrons. The molecule has 148 valence electrons. The van der Waals surface area contributed by atoms with Crippen LogP contribution in [0.1, 0.15) is 57.1 Å². The van der Waals surface area contributed by atoms with Crippen LogP contribution >= 0.6 is 0 Å². The summed E-state index contributed by atoms with van der Waals surface area (Å²) in [6.45, 7) is 7.22. The van der Waals surface area contributed by atoms with Gasteiger partial charge in [-0.2, -0.15) is 0 Å². The lowest BCUT2D eigenvalue weighted by Crippen LogP contribution is -2.28. The summed E-state index contributed by atoms with van der Waals surface area (Å²) in [4.78, 5) is 0. The number of hydrogen-bond acceptors (Lipinski definition) is 0. The Balaban J connectivity index is 1.68. The SMILES string of the molecule is CCCCC1=CC(C(C)(C)C2c3ccccc3-c3c2c2ccccc2n3C)C=C1. The molecule has 1 aromatic heterocycles. The van der Waals surface area contributed by atoms with Crippen molar-refractivity contribution in [1.82, 2.24) is 4.57 Å². The molecule has 2 aliphatic carbocycles. The molecule has 0 amide bonds. The van der Waals surface area contributed by atoms with Crippen LogP contribution in [0.4, 0.5) is 0 Å². The Morgan fingerprint density at radius 2 is 1.76 bits per heavy atom. The molecule has 2 aliphatic rings. The molecular weight excluding hydrogens is 350 g/mol. The van der Waals surface area contributed by atoms with E-state index in [4.69, 9.17) is 0 Å². The van der Waals surface area contributed by atoms with Crippen LogP contribution in [-0.2, 0) is 7.05 Å². The smallest absolute Gasteiger partial charge is 0.0530 e. The van der Waals surface area contributed by atoms with Crippen LogP contribution < -0.4 is 0 Å². The zero-order valence-electron chi connectivity index (χ0n) is 18.1. The zero-order valence-corrected chi connectivity index (χ0v) is 18.1. The van der Waals surface area contributed by atoms with E-state index >= 15 is 0 Å². The van der Waals surface area contributed by atoms with Gasteiger partial charge >= 0.3 is 0 Å². The fourth-order valence-corrected chi connectivity index (χ4v) is 5.71. The van der Waals surface area contributed by atoms with Gasteiger partial charge < -0.3 is 4.57 Å². The Morgan fingerprint density at radius 1 is 1.00 bits per heavy atom. The number of fused-ring (bicyclic) bond motifs is 5. The monoisotopic (exact) mass is 381 g/mol. The van der Waals surface area contributed by atoms with E-state index in [1.54, 1.807) is 0 Å². The molecule has 0 spiro atoms. The van der Waals surface area contributed by atoms with Gasteiger partial charge in [-0.1, -0.05) is 93.5 Å². The van der Waals surface area contributed by atoms with E-state index < -0.39 is 0 Å². The molecule has 2 unspecified atom stereocenters. The third-order valence-electron chi connectivity index (χ3n) is 7.30. The first-order chi connectivity index (χ1) is 14.0. The minimum Gasteiger partial charge on any atom is -0.343 e. The van der Waals surface area contributed by atoms with Gasteiger partial charge in [0, 0.05) is 35.3 Å². The summed E-state index contributed by atoms with van der Waals surface area (Å²) < 4.78 is 2.41. The lowest BCUT2D eigenvalue weighted by Gasteiger charge is -2.37. The molecule has 0 saturated carbocycles. The predicted molar refractivity (Wildman–Crippen MR) is 124 cm³/mol. The first-order valence-corrected chi connectivity index (χ1v) is 11.1. The second-order valence-corrected chi connectivity index (χ2v) is 9.41. The van der Waals surface area contributed by atoms with E-state index in [0.29, 0.717) is 11.8 Å². The van der Waals surface area contributed by atoms with Crippen molar-refractivity contribution < 1.29 is 0 Å². The molecule has 1 nitrogen and oxygen atoms in total. The maximum absolute atomic E-state index is 2.54. The first kappa shape index (κ1) is 18.5. The van der Waals surface area contributed by atoms with Gasteiger partial charge in [0.1, 0.15) is 0 Å². The van der Waals surface area contributed by atoms with Gasteiger partial charge in [-0.25, -0.2) is 0 Å². The molecule has 0 aliphatic heterocycles. The maximum atomic E-state index is 2.54. The second kappa shape index (κ2) is 6.76. The first-order valence-electron chi connectivity index (χ1n) is 11.1. The van der Waals surface area contributed by atoms with Crippen LogP contribution in [0.3, 0.4) is 0 Å². The van der Waals surface area contributed by atoms with Crippen LogP contribution in [0, 0.1) is 11.3 Å². The third-order valence-corrected chi connectivity index (χ3v) is 7.30. The van der Waals surface area contributed by atoms with E-state index in [2.05, 4.69) is 99.1 Å². The summed E-state index contributed by atoms with van der Waals surface area (Å²) in [5, 5.41) is 1.41. The van der Waals surface area contributed by atoms with Gasteiger partial charge in [-0.05, 0) is 35.4 Å². The van der Waals surface area contributed by atoms with Crippen molar-refractivity contribution in [3.63, 3.8) is 0 Å². The Labute approximate surface area is 174 Å². The topological polar surface area (TPSA) is 4.93 Å². The highest BCUT2D eigenvalue weighted by molar-refractivity contribution is 5.96. The van der Waals surface area contributed by atoms with Crippen molar-refractivity contribution in [2.45, 2.75) is 46.0 Å². The molecular formula is C28H31N. The van der Waals surface area contributed by atoms with Crippen LogP contribution in [0.5, 0.6) is 0 Å². The normalized spacial score (nSPS) is 20.2. The lowest BCUT2D eigenvalue weighted by atomic mass is 9.66. The number of nitrogens with zero attached hydrogens (tertiary/aromatic N) is 1. The molecule has 1 heterocycles. The van der Waals surface area contributed by atoms with Gasteiger partial charge in [-0.15, -0.1) is 0 Å². The van der Waals surface area contributed by atoms with Crippen molar-refractivity contribution in [3.8, 4) is 11.3 Å². The standard InChI is InChI=1S/C28H31N/c1-5-6-11-19-16-17-20(18-19)28(2,3)26-21-12-7-8-13-22(21)27-25(26)23-14-9-10-15-24(23)29(27)4/h7-10,12-18,20,26H,5-6,11H2,1-4H3. The average Bonchev–Trinajstić information content (AvgIpc) is 3.41. The Morgan fingerprint density at radius 3 is 2.59 bits per heavy atom. The number of unbranched alkanes of at least 4 members (excludes halogenated alkanes) is 1.